The first-order chi connectivity index (χ1) is 8.79. The van der Waals surface area contributed by atoms with Gasteiger partial charge in [0.05, 0.1) is 5.92 Å². The minimum absolute atomic E-state index is 0.0817. The quantitative estimate of drug-likeness (QED) is 0.886. The van der Waals surface area contributed by atoms with Crippen LogP contribution >= 0.6 is 0 Å². The highest BCUT2D eigenvalue weighted by Crippen LogP contribution is 2.33. The highest BCUT2D eigenvalue weighted by atomic mass is 16.4. The summed E-state index contributed by atoms with van der Waals surface area (Å²) in [6.45, 7) is 8.16. The fourth-order valence-electron chi connectivity index (χ4n) is 2.69. The maximum Gasteiger partial charge on any atom is 0.308 e. The molecule has 0 aliphatic rings. The lowest BCUT2D eigenvalue weighted by Gasteiger charge is -2.31. The van der Waals surface area contributed by atoms with Gasteiger partial charge in [-0.05, 0) is 63.5 Å². The van der Waals surface area contributed by atoms with Crippen LogP contribution in [0.3, 0.4) is 0 Å². The number of hydrogen-bond acceptors (Lipinski definition) is 2. The SMILES string of the molecule is CCC(C(=O)O)C(c1cc(C)c(C)cc1C)N(C)C. The summed E-state index contributed by atoms with van der Waals surface area (Å²) in [5.41, 5.74) is 4.76. The lowest BCUT2D eigenvalue weighted by molar-refractivity contribution is -0.144. The maximum absolute atomic E-state index is 11.5. The van der Waals surface area contributed by atoms with Gasteiger partial charge in [-0.3, -0.25) is 4.79 Å². The zero-order chi connectivity index (χ0) is 14.7. The van der Waals surface area contributed by atoms with E-state index >= 15 is 0 Å². The van der Waals surface area contributed by atoms with Crippen LogP contribution in [-0.2, 0) is 4.79 Å². The van der Waals surface area contributed by atoms with Crippen LogP contribution in [0.2, 0.25) is 0 Å². The molecule has 0 bridgehead atoms. The Labute approximate surface area is 116 Å². The normalized spacial score (nSPS) is 14.5. The number of hydrogen-bond donors (Lipinski definition) is 1. The fourth-order valence-corrected chi connectivity index (χ4v) is 2.69. The number of aliphatic carboxylic acids is 1. The van der Waals surface area contributed by atoms with E-state index in [-0.39, 0.29) is 12.0 Å². The Balaban J connectivity index is 3.34. The largest absolute Gasteiger partial charge is 0.481 e. The minimum Gasteiger partial charge on any atom is -0.481 e. The van der Waals surface area contributed by atoms with Crippen LogP contribution in [0.1, 0.15) is 41.6 Å². The second-order valence-electron chi connectivity index (χ2n) is 5.55. The molecule has 1 N–H and O–H groups in total. The summed E-state index contributed by atoms with van der Waals surface area (Å²) in [5.74, 6) is -1.10. The molecule has 2 unspecified atom stereocenters. The molecule has 0 radical (unpaired) electrons. The van der Waals surface area contributed by atoms with Gasteiger partial charge in [-0.2, -0.15) is 0 Å². The Hall–Kier alpha value is -1.35. The second-order valence-corrected chi connectivity index (χ2v) is 5.55. The van der Waals surface area contributed by atoms with Crippen molar-refractivity contribution in [3.63, 3.8) is 0 Å². The van der Waals surface area contributed by atoms with E-state index in [2.05, 4.69) is 32.9 Å². The summed E-state index contributed by atoms with van der Waals surface area (Å²) < 4.78 is 0. The van der Waals surface area contributed by atoms with Gasteiger partial charge in [-0.1, -0.05) is 19.1 Å². The molecule has 0 spiro atoms. The van der Waals surface area contributed by atoms with E-state index in [1.165, 1.54) is 16.7 Å². The van der Waals surface area contributed by atoms with Crippen LogP contribution in [-0.4, -0.2) is 30.1 Å². The molecule has 1 aromatic rings. The average molecular weight is 263 g/mol. The number of rotatable bonds is 5. The highest BCUT2D eigenvalue weighted by Gasteiger charge is 2.30. The number of carboxylic acids is 1. The van der Waals surface area contributed by atoms with E-state index in [9.17, 15) is 9.90 Å². The smallest absolute Gasteiger partial charge is 0.308 e. The van der Waals surface area contributed by atoms with Crippen molar-refractivity contribution in [2.75, 3.05) is 14.1 Å². The third kappa shape index (κ3) is 3.35. The second kappa shape index (κ2) is 6.20. The molecule has 0 aliphatic carbocycles. The highest BCUT2D eigenvalue weighted by molar-refractivity contribution is 5.71. The van der Waals surface area contributed by atoms with Crippen molar-refractivity contribution in [3.05, 3.63) is 34.4 Å². The number of benzene rings is 1. The molecule has 1 rings (SSSR count). The van der Waals surface area contributed by atoms with Crippen LogP contribution in [0, 0.1) is 26.7 Å². The van der Waals surface area contributed by atoms with Crippen molar-refractivity contribution in [1.82, 2.24) is 4.90 Å². The summed E-state index contributed by atoms with van der Waals surface area (Å²) in [6, 6.07) is 4.21. The molecule has 0 heterocycles. The Morgan fingerprint density at radius 2 is 1.68 bits per heavy atom. The third-order valence-corrected chi connectivity index (χ3v) is 3.90. The first kappa shape index (κ1) is 15.7. The molecular formula is C16H25NO2. The summed E-state index contributed by atoms with van der Waals surface area (Å²) >= 11 is 0. The van der Waals surface area contributed by atoms with E-state index in [1.54, 1.807) is 0 Å². The summed E-state index contributed by atoms with van der Waals surface area (Å²) in [7, 11) is 3.90. The van der Waals surface area contributed by atoms with Crippen LogP contribution in [0.15, 0.2) is 12.1 Å². The zero-order valence-corrected chi connectivity index (χ0v) is 12.8. The van der Waals surface area contributed by atoms with Gasteiger partial charge >= 0.3 is 5.97 Å². The van der Waals surface area contributed by atoms with Crippen LogP contribution in [0.5, 0.6) is 0 Å². The van der Waals surface area contributed by atoms with Crippen LogP contribution in [0.25, 0.3) is 0 Å². The van der Waals surface area contributed by atoms with Crippen molar-refractivity contribution in [3.8, 4) is 0 Å². The van der Waals surface area contributed by atoms with Gasteiger partial charge in [0.2, 0.25) is 0 Å². The molecule has 0 saturated heterocycles. The van der Waals surface area contributed by atoms with Crippen molar-refractivity contribution in [2.24, 2.45) is 5.92 Å². The van der Waals surface area contributed by atoms with Gasteiger partial charge in [0.1, 0.15) is 0 Å². The monoisotopic (exact) mass is 263 g/mol. The first-order valence-corrected chi connectivity index (χ1v) is 6.76. The van der Waals surface area contributed by atoms with Gasteiger partial charge < -0.3 is 10.0 Å². The molecule has 2 atom stereocenters. The summed E-state index contributed by atoms with van der Waals surface area (Å²) in [5, 5.41) is 9.44. The Morgan fingerprint density at radius 1 is 1.16 bits per heavy atom. The number of carboxylic acid groups (broad SMARTS) is 1. The molecule has 0 aromatic heterocycles. The molecule has 0 aliphatic heterocycles. The maximum atomic E-state index is 11.5. The number of aryl methyl sites for hydroxylation is 3. The summed E-state index contributed by atoms with van der Waals surface area (Å²) in [4.78, 5) is 13.5. The molecular weight excluding hydrogens is 238 g/mol. The van der Waals surface area contributed by atoms with E-state index in [0.29, 0.717) is 6.42 Å². The van der Waals surface area contributed by atoms with Gasteiger partial charge in [-0.25, -0.2) is 0 Å². The summed E-state index contributed by atoms with van der Waals surface area (Å²) in [6.07, 6.45) is 0.630. The molecule has 0 saturated carbocycles. The van der Waals surface area contributed by atoms with Crippen LogP contribution in [0.4, 0.5) is 0 Å². The average Bonchev–Trinajstić information content (AvgIpc) is 2.30. The van der Waals surface area contributed by atoms with E-state index in [0.717, 1.165) is 5.56 Å². The standard InChI is InChI=1S/C16H25NO2/c1-7-13(16(18)19)15(17(5)6)14-9-11(3)10(2)8-12(14)4/h8-9,13,15H,7H2,1-6H3,(H,18,19). The minimum atomic E-state index is -0.723. The molecule has 3 nitrogen and oxygen atoms in total. The Morgan fingerprint density at radius 3 is 2.11 bits per heavy atom. The van der Waals surface area contributed by atoms with Crippen LogP contribution < -0.4 is 0 Å². The van der Waals surface area contributed by atoms with Crippen molar-refractivity contribution in [2.45, 2.75) is 40.2 Å². The molecule has 3 heteroatoms. The van der Waals surface area contributed by atoms with E-state index in [4.69, 9.17) is 0 Å². The Kier molecular flexibility index (Phi) is 5.12. The van der Waals surface area contributed by atoms with Crippen molar-refractivity contribution >= 4 is 5.97 Å². The first-order valence-electron chi connectivity index (χ1n) is 6.76. The zero-order valence-electron chi connectivity index (χ0n) is 12.8. The number of nitrogens with zero attached hydrogens (tertiary/aromatic N) is 1. The van der Waals surface area contributed by atoms with Gasteiger partial charge in [0.15, 0.2) is 0 Å². The molecule has 0 amide bonds. The van der Waals surface area contributed by atoms with Gasteiger partial charge in [-0.15, -0.1) is 0 Å². The third-order valence-electron chi connectivity index (χ3n) is 3.90. The lowest BCUT2D eigenvalue weighted by Crippen LogP contribution is -2.32. The van der Waals surface area contributed by atoms with Gasteiger partial charge in [0.25, 0.3) is 0 Å². The molecule has 19 heavy (non-hydrogen) atoms. The predicted molar refractivity (Wildman–Crippen MR) is 78.5 cm³/mol. The topological polar surface area (TPSA) is 40.5 Å². The predicted octanol–water partition coefficient (Wildman–Crippen LogP) is 3.33. The molecule has 106 valence electrons. The van der Waals surface area contributed by atoms with E-state index < -0.39 is 5.97 Å². The molecule has 1 aromatic carbocycles. The number of carbonyl (C=O) groups is 1. The van der Waals surface area contributed by atoms with Gasteiger partial charge in [0, 0.05) is 6.04 Å². The molecule has 0 fully saturated rings. The lowest BCUT2D eigenvalue weighted by atomic mass is 9.86. The fraction of sp³-hybridized carbons (Fsp3) is 0.562. The Bertz CT molecular complexity index is 466. The van der Waals surface area contributed by atoms with Crippen molar-refractivity contribution < 1.29 is 9.90 Å². The van der Waals surface area contributed by atoms with Crippen molar-refractivity contribution in [1.29, 1.82) is 0 Å². The van der Waals surface area contributed by atoms with E-state index in [1.807, 2.05) is 25.9 Å².